The highest BCUT2D eigenvalue weighted by Gasteiger charge is 2.44. The highest BCUT2D eigenvalue weighted by Crippen LogP contribution is 2.31. The van der Waals surface area contributed by atoms with Crippen molar-refractivity contribution in [1.82, 2.24) is 21.5 Å². The average Bonchev–Trinajstić information content (AvgIpc) is 3.06. The first kappa shape index (κ1) is 22.8. The van der Waals surface area contributed by atoms with Crippen LogP contribution in [-0.2, 0) is 9.53 Å². The van der Waals surface area contributed by atoms with Crippen molar-refractivity contribution in [1.29, 1.82) is 0 Å². The van der Waals surface area contributed by atoms with Crippen LogP contribution in [-0.4, -0.2) is 56.2 Å². The molecule has 0 bridgehead atoms. The van der Waals surface area contributed by atoms with Crippen molar-refractivity contribution in [3.05, 3.63) is 0 Å². The summed E-state index contributed by atoms with van der Waals surface area (Å²) in [6.45, 7) is 3.91. The monoisotopic (exact) mass is 411 g/mol. The van der Waals surface area contributed by atoms with E-state index in [4.69, 9.17) is 4.74 Å². The highest BCUT2D eigenvalue weighted by molar-refractivity contribution is 5.98. The molecule has 4 N–H and O–H groups in total. The number of hydrogen-bond acceptors (Lipinski definition) is 5. The molecule has 1 aliphatic heterocycles. The summed E-state index contributed by atoms with van der Waals surface area (Å²) in [5, 5.41) is 5.56. The number of aliphatic imine (C=N–C) groups is 1. The number of ether oxygens (including phenoxy) is 1. The van der Waals surface area contributed by atoms with Gasteiger partial charge in [0.05, 0.1) is 6.61 Å². The summed E-state index contributed by atoms with van der Waals surface area (Å²) in [6, 6.07) is -1.96. The van der Waals surface area contributed by atoms with E-state index < -0.39 is 30.5 Å². The van der Waals surface area contributed by atoms with Gasteiger partial charge >= 0.3 is 6.18 Å². The average molecular weight is 411 g/mol. The molecule has 1 aliphatic carbocycles. The molecule has 2 rings (SSSR count). The van der Waals surface area contributed by atoms with E-state index in [0.29, 0.717) is 19.4 Å². The van der Waals surface area contributed by atoms with Crippen LogP contribution in [0.2, 0.25) is 0 Å². The molecule has 5 unspecified atom stereocenters. The molecule has 6 atom stereocenters. The number of nitrogens with zero attached hydrogens (tertiary/aromatic N) is 1. The standard InChI is InChI=1S/C17H29F4N5O2/c1-9-4-5-11(6-12(9)18)15(27)24-16(22-10(2)8-28-3)23-14-7-13(25-26-14)17(19,20)21/h9-14,25-26H,4-8H2,1-3H3,(H2,22,23,24,27)/t9?,10-,11?,12?,13?,14?/m0/s1. The van der Waals surface area contributed by atoms with Gasteiger partial charge in [-0.05, 0) is 32.1 Å². The molecule has 1 amide bonds. The molecule has 1 saturated carbocycles. The van der Waals surface area contributed by atoms with Crippen LogP contribution in [0, 0.1) is 11.8 Å². The number of amides is 1. The van der Waals surface area contributed by atoms with Crippen molar-refractivity contribution in [3.63, 3.8) is 0 Å². The van der Waals surface area contributed by atoms with Crippen molar-refractivity contribution >= 4 is 11.9 Å². The summed E-state index contributed by atoms with van der Waals surface area (Å²) in [5.74, 6) is -0.909. The SMILES string of the molecule is COC[C@H](C)N/C(=N\C1CC(C(F)(F)F)NN1)NC(=O)C1CCC(C)C(F)C1. The second kappa shape index (κ2) is 9.84. The number of guanidine groups is 1. The first-order valence-corrected chi connectivity index (χ1v) is 9.46. The molecule has 11 heteroatoms. The van der Waals surface area contributed by atoms with Crippen LogP contribution in [0.25, 0.3) is 0 Å². The number of halogens is 4. The summed E-state index contributed by atoms with van der Waals surface area (Å²) in [4.78, 5) is 16.7. The van der Waals surface area contributed by atoms with E-state index in [1.807, 2.05) is 6.92 Å². The third-order valence-corrected chi connectivity index (χ3v) is 5.07. The summed E-state index contributed by atoms with van der Waals surface area (Å²) in [7, 11) is 1.51. The second-order valence-electron chi connectivity index (χ2n) is 7.61. The molecule has 0 aromatic carbocycles. The van der Waals surface area contributed by atoms with E-state index >= 15 is 0 Å². The van der Waals surface area contributed by atoms with E-state index in [2.05, 4.69) is 26.5 Å². The summed E-state index contributed by atoms with van der Waals surface area (Å²) in [5.41, 5.74) is 4.64. The topological polar surface area (TPSA) is 86.8 Å². The molecule has 1 heterocycles. The van der Waals surface area contributed by atoms with Crippen LogP contribution in [0.1, 0.15) is 39.5 Å². The molecule has 28 heavy (non-hydrogen) atoms. The fourth-order valence-electron chi connectivity index (χ4n) is 3.35. The Bertz CT molecular complexity index is 560. The van der Waals surface area contributed by atoms with Gasteiger partial charge in [0.15, 0.2) is 5.96 Å². The predicted molar refractivity (Wildman–Crippen MR) is 96.0 cm³/mol. The van der Waals surface area contributed by atoms with Gasteiger partial charge in [-0.3, -0.25) is 10.1 Å². The lowest BCUT2D eigenvalue weighted by Crippen LogP contribution is -2.50. The summed E-state index contributed by atoms with van der Waals surface area (Å²) >= 11 is 0. The molecule has 2 fully saturated rings. The van der Waals surface area contributed by atoms with Gasteiger partial charge in [-0.1, -0.05) is 6.92 Å². The Morgan fingerprint density at radius 2 is 2.00 bits per heavy atom. The molecule has 1 saturated heterocycles. The largest absolute Gasteiger partial charge is 0.405 e. The normalized spacial score (nSPS) is 32.8. The number of rotatable bonds is 5. The zero-order valence-corrected chi connectivity index (χ0v) is 16.3. The number of hydrogen-bond donors (Lipinski definition) is 4. The Balaban J connectivity index is 2.03. The Morgan fingerprint density at radius 3 is 2.57 bits per heavy atom. The molecule has 0 aromatic rings. The maximum absolute atomic E-state index is 14.0. The molecule has 2 aliphatic rings. The molecule has 7 nitrogen and oxygen atoms in total. The van der Waals surface area contributed by atoms with Crippen molar-refractivity contribution in [3.8, 4) is 0 Å². The first-order chi connectivity index (χ1) is 13.1. The first-order valence-electron chi connectivity index (χ1n) is 9.46. The minimum absolute atomic E-state index is 0.0469. The van der Waals surface area contributed by atoms with Gasteiger partial charge in [0, 0.05) is 25.5 Å². The summed E-state index contributed by atoms with van der Waals surface area (Å²) in [6.07, 6.45) is -5.31. The Kier molecular flexibility index (Phi) is 8.02. The predicted octanol–water partition coefficient (Wildman–Crippen LogP) is 1.61. The quantitative estimate of drug-likeness (QED) is 0.314. The number of nitrogens with one attached hydrogen (secondary N) is 4. The van der Waals surface area contributed by atoms with E-state index in [9.17, 15) is 22.4 Å². The van der Waals surface area contributed by atoms with Gasteiger partial charge in [0.1, 0.15) is 18.4 Å². The van der Waals surface area contributed by atoms with Gasteiger partial charge < -0.3 is 10.1 Å². The van der Waals surface area contributed by atoms with E-state index in [1.54, 1.807) is 6.92 Å². The molecule has 0 aromatic heterocycles. The van der Waals surface area contributed by atoms with Gasteiger partial charge in [-0.15, -0.1) is 0 Å². The maximum atomic E-state index is 14.0. The smallest absolute Gasteiger partial charge is 0.383 e. The van der Waals surface area contributed by atoms with Gasteiger partial charge in [0.25, 0.3) is 0 Å². The Labute approximate surface area is 162 Å². The van der Waals surface area contributed by atoms with Crippen LogP contribution in [0.4, 0.5) is 17.6 Å². The lowest BCUT2D eigenvalue weighted by Gasteiger charge is -2.29. The number of hydrazine groups is 1. The van der Waals surface area contributed by atoms with Crippen molar-refractivity contribution < 1.29 is 27.1 Å². The van der Waals surface area contributed by atoms with E-state index in [-0.39, 0.29) is 36.7 Å². The van der Waals surface area contributed by atoms with Crippen molar-refractivity contribution in [2.24, 2.45) is 16.8 Å². The molecular formula is C17H29F4N5O2. The summed E-state index contributed by atoms with van der Waals surface area (Å²) < 4.78 is 57.4. The van der Waals surface area contributed by atoms with Crippen LogP contribution in [0.15, 0.2) is 4.99 Å². The number of alkyl halides is 4. The third-order valence-electron chi connectivity index (χ3n) is 5.07. The number of methoxy groups -OCH3 is 1. The zero-order chi connectivity index (χ0) is 20.9. The lowest BCUT2D eigenvalue weighted by molar-refractivity contribution is -0.153. The zero-order valence-electron chi connectivity index (χ0n) is 16.3. The van der Waals surface area contributed by atoms with Crippen LogP contribution >= 0.6 is 0 Å². The molecule has 0 radical (unpaired) electrons. The van der Waals surface area contributed by atoms with Crippen LogP contribution in [0.3, 0.4) is 0 Å². The third kappa shape index (κ3) is 6.56. The minimum atomic E-state index is -4.40. The second-order valence-corrected chi connectivity index (χ2v) is 7.61. The van der Waals surface area contributed by atoms with Gasteiger partial charge in [0.2, 0.25) is 5.91 Å². The molecule has 0 spiro atoms. The maximum Gasteiger partial charge on any atom is 0.405 e. The number of carbonyl (C=O) groups is 1. The van der Waals surface area contributed by atoms with Crippen molar-refractivity contribution in [2.75, 3.05) is 13.7 Å². The van der Waals surface area contributed by atoms with Crippen LogP contribution in [0.5, 0.6) is 0 Å². The van der Waals surface area contributed by atoms with Gasteiger partial charge in [-0.2, -0.15) is 13.2 Å². The minimum Gasteiger partial charge on any atom is -0.383 e. The molecule has 162 valence electrons. The van der Waals surface area contributed by atoms with Gasteiger partial charge in [-0.25, -0.2) is 20.2 Å². The highest BCUT2D eigenvalue weighted by atomic mass is 19.4. The fourth-order valence-corrected chi connectivity index (χ4v) is 3.35. The van der Waals surface area contributed by atoms with Crippen LogP contribution < -0.4 is 21.5 Å². The Morgan fingerprint density at radius 1 is 1.29 bits per heavy atom. The fraction of sp³-hybridized carbons (Fsp3) is 0.882. The molecular weight excluding hydrogens is 382 g/mol. The Hall–Kier alpha value is -1.46. The lowest BCUT2D eigenvalue weighted by atomic mass is 9.81. The van der Waals surface area contributed by atoms with E-state index in [1.165, 1.54) is 7.11 Å². The van der Waals surface area contributed by atoms with E-state index in [0.717, 1.165) is 0 Å². The number of carbonyl (C=O) groups excluding carboxylic acids is 1. The van der Waals surface area contributed by atoms with Crippen molar-refractivity contribution in [2.45, 2.75) is 70.1 Å².